The molecule has 0 aliphatic carbocycles. The van der Waals surface area contributed by atoms with Crippen molar-refractivity contribution in [1.29, 1.82) is 0 Å². The number of nitrogens with zero attached hydrogens (tertiary/aromatic N) is 3. The molecule has 0 radical (unpaired) electrons. The zero-order chi connectivity index (χ0) is 22.3. The summed E-state index contributed by atoms with van der Waals surface area (Å²) in [5.74, 6) is 1.36. The number of anilines is 1. The molecule has 1 atom stereocenters. The van der Waals surface area contributed by atoms with Gasteiger partial charge in [0.25, 0.3) is 0 Å². The lowest BCUT2D eigenvalue weighted by Gasteiger charge is -2.33. The molecule has 0 spiro atoms. The van der Waals surface area contributed by atoms with E-state index in [4.69, 9.17) is 5.10 Å². The minimum absolute atomic E-state index is 0.323. The maximum Gasteiger partial charge on any atom is 0.184 e. The van der Waals surface area contributed by atoms with Crippen molar-refractivity contribution in [3.8, 4) is 11.1 Å². The van der Waals surface area contributed by atoms with E-state index in [1.165, 1.54) is 5.56 Å². The summed E-state index contributed by atoms with van der Waals surface area (Å²) in [6.45, 7) is 11.7. The Kier molecular flexibility index (Phi) is 5.79. The van der Waals surface area contributed by atoms with Crippen molar-refractivity contribution in [3.05, 3.63) is 65.4 Å². The molecule has 0 fully saturated rings. The van der Waals surface area contributed by atoms with Gasteiger partial charge in [-0.3, -0.25) is 0 Å². The van der Waals surface area contributed by atoms with Crippen LogP contribution in [-0.2, 0) is 21.2 Å². The molecule has 0 bridgehead atoms. The molecule has 3 aromatic rings. The fourth-order valence-corrected chi connectivity index (χ4v) is 5.90. The quantitative estimate of drug-likeness (QED) is 0.466. The monoisotopic (exact) mass is 437 g/mol. The molecule has 1 aliphatic heterocycles. The number of hydrogen-bond acceptors (Lipinski definition) is 3. The highest BCUT2D eigenvalue weighted by molar-refractivity contribution is 7.99. The topological polar surface area (TPSA) is 61.2 Å². The molecule has 1 aliphatic rings. The SMILES string of the molecule is Cc1nn2c(c1-c1ccccc1C(C)C)N([S+](=O)([O-])c1ccc(C(C)C)cc1)CCC2. The highest BCUT2D eigenvalue weighted by Crippen LogP contribution is 2.42. The van der Waals surface area contributed by atoms with Crippen LogP contribution in [0, 0.1) is 6.92 Å². The van der Waals surface area contributed by atoms with Crippen molar-refractivity contribution in [3.63, 3.8) is 0 Å². The smallest absolute Gasteiger partial charge is 0.184 e. The van der Waals surface area contributed by atoms with E-state index in [-0.39, 0.29) is 0 Å². The Morgan fingerprint density at radius 2 is 1.65 bits per heavy atom. The molecule has 2 aromatic carbocycles. The third-order valence-corrected chi connectivity index (χ3v) is 7.86. The highest BCUT2D eigenvalue weighted by Gasteiger charge is 2.38. The van der Waals surface area contributed by atoms with E-state index < -0.39 is 10.4 Å². The fraction of sp³-hybridized carbons (Fsp3) is 0.400. The van der Waals surface area contributed by atoms with Gasteiger partial charge < -0.3 is 4.55 Å². The zero-order valence-corrected chi connectivity index (χ0v) is 19.8. The van der Waals surface area contributed by atoms with Gasteiger partial charge in [-0.1, -0.05) is 68.3 Å². The van der Waals surface area contributed by atoms with Crippen LogP contribution in [-0.4, -0.2) is 20.9 Å². The third kappa shape index (κ3) is 3.83. The van der Waals surface area contributed by atoms with Crippen LogP contribution in [0.1, 0.15) is 62.8 Å². The molecular weight excluding hydrogens is 406 g/mol. The van der Waals surface area contributed by atoms with E-state index in [0.717, 1.165) is 35.3 Å². The summed E-state index contributed by atoms with van der Waals surface area (Å²) < 4.78 is 30.9. The third-order valence-electron chi connectivity index (χ3n) is 6.05. The van der Waals surface area contributed by atoms with Crippen LogP contribution in [0.4, 0.5) is 5.82 Å². The maximum atomic E-state index is 13.7. The standard InChI is InChI=1S/C25H31N3O2S/c1-17(2)20-11-13-21(14-12-20)31(29,30)28-16-8-15-27-25(28)24(19(5)26-27)23-10-7-6-9-22(23)18(3)4/h6-7,9-14,17-18H,8,15-16H2,1-5H3. The van der Waals surface area contributed by atoms with Gasteiger partial charge in [-0.25, -0.2) is 4.68 Å². The van der Waals surface area contributed by atoms with Crippen LogP contribution in [0.2, 0.25) is 0 Å². The minimum atomic E-state index is -3.70. The van der Waals surface area contributed by atoms with Crippen molar-refractivity contribution in [2.75, 3.05) is 10.8 Å². The normalized spacial score (nSPS) is 15.9. The van der Waals surface area contributed by atoms with Crippen LogP contribution in [0.25, 0.3) is 11.1 Å². The average Bonchev–Trinajstić information content (AvgIpc) is 3.09. The minimum Gasteiger partial charge on any atom is -0.588 e. The van der Waals surface area contributed by atoms with Gasteiger partial charge >= 0.3 is 0 Å². The van der Waals surface area contributed by atoms with Crippen LogP contribution in [0.15, 0.2) is 53.4 Å². The molecule has 1 unspecified atom stereocenters. The first-order valence-electron chi connectivity index (χ1n) is 11.0. The number of hydrogen-bond donors (Lipinski definition) is 0. The van der Waals surface area contributed by atoms with E-state index in [1.807, 2.05) is 35.9 Å². The van der Waals surface area contributed by atoms with E-state index >= 15 is 0 Å². The number of aryl methyl sites for hydroxylation is 2. The summed E-state index contributed by atoms with van der Waals surface area (Å²) >= 11 is 0. The van der Waals surface area contributed by atoms with Gasteiger partial charge in [0.15, 0.2) is 21.1 Å². The second-order valence-corrected chi connectivity index (χ2v) is 10.8. The summed E-state index contributed by atoms with van der Waals surface area (Å²) in [7, 11) is -3.70. The molecule has 4 rings (SSSR count). The Morgan fingerprint density at radius 1 is 0.968 bits per heavy atom. The van der Waals surface area contributed by atoms with Crippen molar-refractivity contribution < 1.29 is 8.76 Å². The number of fused-ring (bicyclic) bond motifs is 1. The van der Waals surface area contributed by atoms with E-state index in [2.05, 4.69) is 39.8 Å². The summed E-state index contributed by atoms with van der Waals surface area (Å²) in [4.78, 5) is 0.326. The molecule has 6 heteroatoms. The number of rotatable bonds is 5. The number of aromatic nitrogens is 2. The largest absolute Gasteiger partial charge is 0.588 e. The first kappa shape index (κ1) is 21.8. The highest BCUT2D eigenvalue weighted by atomic mass is 32.3. The van der Waals surface area contributed by atoms with Gasteiger partial charge in [0.05, 0.1) is 17.8 Å². The first-order chi connectivity index (χ1) is 14.7. The van der Waals surface area contributed by atoms with Gasteiger partial charge in [0.1, 0.15) is 0 Å². The summed E-state index contributed by atoms with van der Waals surface area (Å²) in [5.41, 5.74) is 5.18. The first-order valence-corrected chi connectivity index (χ1v) is 12.4. The average molecular weight is 438 g/mol. The van der Waals surface area contributed by atoms with Gasteiger partial charge in [0, 0.05) is 6.54 Å². The Bertz CT molecular complexity index is 1130. The van der Waals surface area contributed by atoms with Gasteiger partial charge in [-0.05, 0) is 54.0 Å². The lowest BCUT2D eigenvalue weighted by atomic mass is 9.92. The zero-order valence-electron chi connectivity index (χ0n) is 19.0. The molecular formula is C25H31N3O2S. The Hall–Kier alpha value is -2.44. The van der Waals surface area contributed by atoms with Crippen LogP contribution in [0.5, 0.6) is 0 Å². The van der Waals surface area contributed by atoms with Crippen molar-refractivity contribution in [1.82, 2.24) is 9.78 Å². The van der Waals surface area contributed by atoms with E-state index in [1.54, 1.807) is 16.4 Å². The van der Waals surface area contributed by atoms with Crippen molar-refractivity contribution >= 4 is 16.2 Å². The molecule has 0 amide bonds. The van der Waals surface area contributed by atoms with Crippen LogP contribution in [0.3, 0.4) is 0 Å². The molecule has 1 aromatic heterocycles. The number of sulfonamides is 1. The van der Waals surface area contributed by atoms with E-state index in [0.29, 0.717) is 29.1 Å². The molecule has 0 saturated heterocycles. The predicted octanol–water partition coefficient (Wildman–Crippen LogP) is 5.92. The van der Waals surface area contributed by atoms with Crippen molar-refractivity contribution in [2.45, 2.75) is 64.3 Å². The van der Waals surface area contributed by atoms with Gasteiger partial charge in [-0.2, -0.15) is 9.40 Å². The summed E-state index contributed by atoms with van der Waals surface area (Å²) in [6, 6.07) is 15.5. The number of benzene rings is 2. The molecule has 0 saturated carbocycles. The molecule has 31 heavy (non-hydrogen) atoms. The van der Waals surface area contributed by atoms with Crippen LogP contribution < -0.4 is 4.31 Å². The Labute approximate surface area is 186 Å². The second kappa shape index (κ2) is 8.24. The fourth-order valence-electron chi connectivity index (χ4n) is 4.38. The maximum absolute atomic E-state index is 13.7. The summed E-state index contributed by atoms with van der Waals surface area (Å²) in [5, 5.41) is 4.73. The lowest BCUT2D eigenvalue weighted by molar-refractivity contribution is 0.460. The summed E-state index contributed by atoms with van der Waals surface area (Å²) in [6.07, 6.45) is 0.739. The molecule has 2 heterocycles. The van der Waals surface area contributed by atoms with E-state index in [9.17, 15) is 8.76 Å². The van der Waals surface area contributed by atoms with Crippen LogP contribution >= 0.6 is 0 Å². The lowest BCUT2D eigenvalue weighted by Crippen LogP contribution is -2.42. The molecule has 5 nitrogen and oxygen atoms in total. The molecule has 0 N–H and O–H groups in total. The Balaban J connectivity index is 1.86. The predicted molar refractivity (Wildman–Crippen MR) is 126 cm³/mol. The van der Waals surface area contributed by atoms with Gasteiger partial charge in [-0.15, -0.1) is 0 Å². The second-order valence-electron chi connectivity index (χ2n) is 8.90. The van der Waals surface area contributed by atoms with Crippen molar-refractivity contribution in [2.24, 2.45) is 0 Å². The van der Waals surface area contributed by atoms with Gasteiger partial charge in [0.2, 0.25) is 0 Å². The Morgan fingerprint density at radius 3 is 2.29 bits per heavy atom. The molecule has 164 valence electrons.